The summed E-state index contributed by atoms with van der Waals surface area (Å²) in [5.41, 5.74) is 2.78. The van der Waals surface area contributed by atoms with E-state index in [1.54, 1.807) is 10.3 Å². The maximum absolute atomic E-state index is 11.9. The summed E-state index contributed by atoms with van der Waals surface area (Å²) in [5.74, 6) is 4.89. The summed E-state index contributed by atoms with van der Waals surface area (Å²) in [6.45, 7) is 3.18. The Morgan fingerprint density at radius 1 is 1.72 bits per heavy atom. The zero-order valence-electron chi connectivity index (χ0n) is 10.2. The number of rotatable bonds is 3. The molecule has 1 aliphatic heterocycles. The first kappa shape index (κ1) is 13.0. The summed E-state index contributed by atoms with van der Waals surface area (Å²) in [4.78, 5) is 29.2. The van der Waals surface area contributed by atoms with Gasteiger partial charge in [0.25, 0.3) is 5.91 Å². The van der Waals surface area contributed by atoms with Crippen LogP contribution in [0.1, 0.15) is 35.3 Å². The van der Waals surface area contributed by atoms with Gasteiger partial charge >= 0.3 is 0 Å². The number of carbonyl (C=O) groups excluding carboxylic acids is 2. The number of hydrogen-bond donors (Lipinski definition) is 2. The molecule has 7 heteroatoms. The van der Waals surface area contributed by atoms with Gasteiger partial charge in [-0.2, -0.15) is 0 Å². The van der Waals surface area contributed by atoms with Crippen molar-refractivity contribution in [3.05, 3.63) is 16.1 Å². The average Bonchev–Trinajstić information content (AvgIpc) is 2.82. The summed E-state index contributed by atoms with van der Waals surface area (Å²) < 4.78 is 0. The van der Waals surface area contributed by atoms with Gasteiger partial charge in [-0.05, 0) is 12.8 Å². The highest BCUT2D eigenvalue weighted by Crippen LogP contribution is 2.20. The molecule has 2 amide bonds. The van der Waals surface area contributed by atoms with E-state index in [0.717, 1.165) is 25.1 Å². The van der Waals surface area contributed by atoms with E-state index in [9.17, 15) is 9.59 Å². The standard InChI is InChI=1S/C11H16N4O2S/c1-7-3-2-4-15(11(7)17)5-8-6-18-10(13-8)9(16)14-12/h6-7H,2-5,12H2,1H3,(H,14,16). The molecule has 1 aromatic rings. The van der Waals surface area contributed by atoms with Crippen molar-refractivity contribution in [3.8, 4) is 0 Å². The number of hydrazine groups is 1. The first-order valence-electron chi connectivity index (χ1n) is 5.86. The fourth-order valence-corrected chi connectivity index (χ4v) is 2.74. The Morgan fingerprint density at radius 3 is 3.22 bits per heavy atom. The normalized spacial score (nSPS) is 20.0. The molecular formula is C11H16N4O2S. The lowest BCUT2D eigenvalue weighted by Gasteiger charge is -2.29. The molecule has 0 aromatic carbocycles. The Kier molecular flexibility index (Phi) is 3.93. The van der Waals surface area contributed by atoms with Crippen LogP contribution in [-0.2, 0) is 11.3 Å². The van der Waals surface area contributed by atoms with E-state index in [2.05, 4.69) is 4.98 Å². The van der Waals surface area contributed by atoms with Crippen LogP contribution in [0.2, 0.25) is 0 Å². The van der Waals surface area contributed by atoms with Crippen LogP contribution >= 0.6 is 11.3 Å². The lowest BCUT2D eigenvalue weighted by molar-refractivity contribution is -0.138. The second-order valence-electron chi connectivity index (χ2n) is 4.42. The topological polar surface area (TPSA) is 88.3 Å². The maximum atomic E-state index is 11.9. The molecule has 2 heterocycles. The van der Waals surface area contributed by atoms with Gasteiger partial charge in [-0.25, -0.2) is 10.8 Å². The molecule has 1 saturated heterocycles. The molecule has 0 radical (unpaired) electrons. The second-order valence-corrected chi connectivity index (χ2v) is 5.28. The van der Waals surface area contributed by atoms with Crippen molar-refractivity contribution >= 4 is 23.2 Å². The predicted molar refractivity (Wildman–Crippen MR) is 67.6 cm³/mol. The van der Waals surface area contributed by atoms with Crippen molar-refractivity contribution in [1.82, 2.24) is 15.3 Å². The molecule has 0 saturated carbocycles. The minimum atomic E-state index is -0.399. The third-order valence-corrected chi connectivity index (χ3v) is 3.92. The van der Waals surface area contributed by atoms with E-state index in [-0.39, 0.29) is 11.8 Å². The van der Waals surface area contributed by atoms with E-state index in [1.165, 1.54) is 11.3 Å². The Balaban J connectivity index is 2.03. The number of nitrogens with two attached hydrogens (primary N) is 1. The lowest BCUT2D eigenvalue weighted by Crippen LogP contribution is -2.39. The van der Waals surface area contributed by atoms with Crippen molar-refractivity contribution in [2.24, 2.45) is 11.8 Å². The number of nitrogens with zero attached hydrogens (tertiary/aromatic N) is 2. The third kappa shape index (κ3) is 2.68. The quantitative estimate of drug-likeness (QED) is 0.475. The van der Waals surface area contributed by atoms with Crippen LogP contribution in [0.15, 0.2) is 5.38 Å². The highest BCUT2D eigenvalue weighted by molar-refractivity contribution is 7.11. The van der Waals surface area contributed by atoms with Crippen LogP contribution in [0.5, 0.6) is 0 Å². The first-order chi connectivity index (χ1) is 8.61. The van der Waals surface area contributed by atoms with E-state index >= 15 is 0 Å². The van der Waals surface area contributed by atoms with E-state index in [1.807, 2.05) is 12.3 Å². The average molecular weight is 268 g/mol. The minimum Gasteiger partial charge on any atom is -0.337 e. The fourth-order valence-electron chi connectivity index (χ4n) is 2.03. The van der Waals surface area contributed by atoms with Crippen molar-refractivity contribution in [2.75, 3.05) is 6.54 Å². The van der Waals surface area contributed by atoms with Gasteiger partial charge in [-0.15, -0.1) is 11.3 Å². The number of amides is 2. The molecule has 6 nitrogen and oxygen atoms in total. The Hall–Kier alpha value is -1.47. The van der Waals surface area contributed by atoms with E-state index in [0.29, 0.717) is 11.6 Å². The number of likely N-dealkylation sites (tertiary alicyclic amines) is 1. The second kappa shape index (κ2) is 5.45. The molecule has 1 fully saturated rings. The van der Waals surface area contributed by atoms with Crippen LogP contribution in [0.25, 0.3) is 0 Å². The Labute approximate surface area is 109 Å². The Morgan fingerprint density at radius 2 is 2.50 bits per heavy atom. The van der Waals surface area contributed by atoms with Crippen LogP contribution in [0, 0.1) is 5.92 Å². The maximum Gasteiger partial charge on any atom is 0.294 e. The summed E-state index contributed by atoms with van der Waals surface area (Å²) in [6.07, 6.45) is 1.97. The molecule has 18 heavy (non-hydrogen) atoms. The smallest absolute Gasteiger partial charge is 0.294 e. The number of hydrogen-bond acceptors (Lipinski definition) is 5. The summed E-state index contributed by atoms with van der Waals surface area (Å²) in [5, 5.41) is 2.11. The van der Waals surface area contributed by atoms with Gasteiger partial charge in [0.2, 0.25) is 5.91 Å². The molecule has 0 aliphatic carbocycles. The summed E-state index contributed by atoms with van der Waals surface area (Å²) in [6, 6.07) is 0. The minimum absolute atomic E-state index is 0.0872. The molecule has 1 unspecified atom stereocenters. The van der Waals surface area contributed by atoms with Crippen molar-refractivity contribution in [2.45, 2.75) is 26.3 Å². The van der Waals surface area contributed by atoms with Gasteiger partial charge in [-0.3, -0.25) is 15.0 Å². The summed E-state index contributed by atoms with van der Waals surface area (Å²) >= 11 is 1.23. The molecule has 1 aliphatic rings. The highest BCUT2D eigenvalue weighted by atomic mass is 32.1. The van der Waals surface area contributed by atoms with Gasteiger partial charge in [0.15, 0.2) is 5.01 Å². The number of thiazole rings is 1. The zero-order valence-corrected chi connectivity index (χ0v) is 11.0. The Bertz CT molecular complexity index is 460. The third-order valence-electron chi connectivity index (χ3n) is 3.03. The van der Waals surface area contributed by atoms with Crippen molar-refractivity contribution < 1.29 is 9.59 Å². The molecule has 98 valence electrons. The summed E-state index contributed by atoms with van der Waals surface area (Å²) in [7, 11) is 0. The monoisotopic (exact) mass is 268 g/mol. The van der Waals surface area contributed by atoms with Gasteiger partial charge < -0.3 is 4.90 Å². The predicted octanol–water partition coefficient (Wildman–Crippen LogP) is 0.505. The molecule has 3 N–H and O–H groups in total. The molecule has 0 bridgehead atoms. The molecular weight excluding hydrogens is 252 g/mol. The van der Waals surface area contributed by atoms with Crippen molar-refractivity contribution in [1.29, 1.82) is 0 Å². The van der Waals surface area contributed by atoms with E-state index in [4.69, 9.17) is 5.84 Å². The zero-order chi connectivity index (χ0) is 13.1. The van der Waals surface area contributed by atoms with Crippen molar-refractivity contribution in [3.63, 3.8) is 0 Å². The van der Waals surface area contributed by atoms with Gasteiger partial charge in [0.05, 0.1) is 12.2 Å². The van der Waals surface area contributed by atoms with Gasteiger partial charge in [0, 0.05) is 17.8 Å². The number of carbonyl (C=O) groups is 2. The molecule has 2 rings (SSSR count). The SMILES string of the molecule is CC1CCCN(Cc2csc(C(=O)NN)n2)C1=O. The highest BCUT2D eigenvalue weighted by Gasteiger charge is 2.25. The fraction of sp³-hybridized carbons (Fsp3) is 0.545. The van der Waals surface area contributed by atoms with Crippen LogP contribution in [0.3, 0.4) is 0 Å². The van der Waals surface area contributed by atoms with Crippen LogP contribution in [-0.4, -0.2) is 28.2 Å². The molecule has 1 atom stereocenters. The number of nitrogens with one attached hydrogen (secondary N) is 1. The number of aromatic nitrogens is 1. The van der Waals surface area contributed by atoms with Gasteiger partial charge in [0.1, 0.15) is 0 Å². The lowest BCUT2D eigenvalue weighted by atomic mass is 9.99. The van der Waals surface area contributed by atoms with Crippen LogP contribution < -0.4 is 11.3 Å². The van der Waals surface area contributed by atoms with Gasteiger partial charge in [-0.1, -0.05) is 6.92 Å². The number of piperidine rings is 1. The molecule has 0 spiro atoms. The molecule has 1 aromatic heterocycles. The van der Waals surface area contributed by atoms with Crippen LogP contribution in [0.4, 0.5) is 0 Å². The van der Waals surface area contributed by atoms with E-state index < -0.39 is 5.91 Å². The first-order valence-corrected chi connectivity index (χ1v) is 6.74. The largest absolute Gasteiger partial charge is 0.337 e. The number of nitrogen functional groups attached to an aromatic ring is 1.